The molecule has 0 aliphatic carbocycles. The predicted molar refractivity (Wildman–Crippen MR) is 89.5 cm³/mol. The number of rotatable bonds is 11. The van der Waals surface area contributed by atoms with E-state index in [1.807, 2.05) is 0 Å². The van der Waals surface area contributed by atoms with Gasteiger partial charge in [0.15, 0.2) is 6.61 Å². The van der Waals surface area contributed by atoms with Gasteiger partial charge in [-0.1, -0.05) is 0 Å². The second kappa shape index (κ2) is 10.2. The number of ether oxygens (including phenoxy) is 1. The lowest BCUT2D eigenvalue weighted by Crippen LogP contribution is -2.34. The summed E-state index contributed by atoms with van der Waals surface area (Å²) in [4.78, 5) is 45.0. The van der Waals surface area contributed by atoms with Crippen LogP contribution in [0, 0.1) is 0 Å². The van der Waals surface area contributed by atoms with Gasteiger partial charge in [0.2, 0.25) is 5.91 Å². The highest BCUT2D eigenvalue weighted by Gasteiger charge is 2.17. The highest BCUT2D eigenvalue weighted by atomic mass is 35.5. The minimum absolute atomic E-state index is 0.122. The summed E-state index contributed by atoms with van der Waals surface area (Å²) in [5.41, 5.74) is 0.625. The van der Waals surface area contributed by atoms with E-state index in [1.54, 1.807) is 0 Å². The number of carbonyl (C=O) groups excluding carboxylic acids is 1. The van der Waals surface area contributed by atoms with Crippen molar-refractivity contribution in [1.82, 2.24) is 4.90 Å². The standard InChI is InChI=1S/C15H17ClN2O8/c16-4-12(19)17-10-1-2-11(26-8-15(24)25)9(3-10)5-18(6-13(20)21)7-14(22)23/h1-3H,4-8H2,(H,17,19)(H,20,21)(H,22,23)(H,24,25). The van der Waals surface area contributed by atoms with Crippen LogP contribution in [0.5, 0.6) is 5.75 Å². The van der Waals surface area contributed by atoms with Crippen molar-refractivity contribution >= 4 is 41.1 Å². The quantitative estimate of drug-likeness (QED) is 0.392. The number of alkyl halides is 1. The van der Waals surface area contributed by atoms with E-state index >= 15 is 0 Å². The number of carboxylic acids is 3. The maximum absolute atomic E-state index is 11.4. The Labute approximate surface area is 152 Å². The minimum atomic E-state index is -1.23. The van der Waals surface area contributed by atoms with E-state index in [4.69, 9.17) is 31.7 Å². The van der Waals surface area contributed by atoms with Gasteiger partial charge in [0, 0.05) is 17.8 Å². The molecule has 0 spiro atoms. The Balaban J connectivity index is 3.11. The summed E-state index contributed by atoms with van der Waals surface area (Å²) in [5, 5.41) is 29.0. The molecule has 0 saturated heterocycles. The van der Waals surface area contributed by atoms with Gasteiger partial charge in [-0.2, -0.15) is 0 Å². The van der Waals surface area contributed by atoms with Gasteiger partial charge in [-0.3, -0.25) is 19.3 Å². The molecule has 0 radical (unpaired) electrons. The van der Waals surface area contributed by atoms with Crippen LogP contribution in [0.3, 0.4) is 0 Å². The molecule has 0 aliphatic rings. The van der Waals surface area contributed by atoms with E-state index in [1.165, 1.54) is 18.2 Å². The second-order valence-corrected chi connectivity index (χ2v) is 5.39. The Morgan fingerprint density at radius 3 is 2.15 bits per heavy atom. The number of benzene rings is 1. The van der Waals surface area contributed by atoms with Gasteiger partial charge in [0.25, 0.3) is 0 Å². The third-order valence-corrected chi connectivity index (χ3v) is 3.17. The molecular formula is C15H17ClN2O8. The van der Waals surface area contributed by atoms with Crippen LogP contribution in [0.4, 0.5) is 5.69 Å². The highest BCUT2D eigenvalue weighted by molar-refractivity contribution is 6.29. The van der Waals surface area contributed by atoms with Crippen LogP contribution >= 0.6 is 11.6 Å². The fraction of sp³-hybridized carbons (Fsp3) is 0.333. The van der Waals surface area contributed by atoms with Gasteiger partial charge in [0.1, 0.15) is 11.6 Å². The lowest BCUT2D eigenvalue weighted by Gasteiger charge is -2.20. The van der Waals surface area contributed by atoms with Crippen LogP contribution in [0.15, 0.2) is 18.2 Å². The molecule has 0 aliphatic heterocycles. The van der Waals surface area contributed by atoms with Crippen LogP contribution in [0.1, 0.15) is 5.56 Å². The molecule has 1 aromatic rings. The first-order valence-electron chi connectivity index (χ1n) is 7.20. The van der Waals surface area contributed by atoms with E-state index in [-0.39, 0.29) is 18.2 Å². The van der Waals surface area contributed by atoms with Crippen LogP contribution in [0.25, 0.3) is 0 Å². The zero-order chi connectivity index (χ0) is 19.7. The first-order chi connectivity index (χ1) is 12.2. The molecule has 0 unspecified atom stereocenters. The Kier molecular flexibility index (Phi) is 8.32. The zero-order valence-electron chi connectivity index (χ0n) is 13.5. The van der Waals surface area contributed by atoms with Crippen molar-refractivity contribution in [2.75, 3.05) is 30.9 Å². The topological polar surface area (TPSA) is 153 Å². The zero-order valence-corrected chi connectivity index (χ0v) is 14.2. The summed E-state index contributed by atoms with van der Waals surface area (Å²) in [6, 6.07) is 4.27. The third kappa shape index (κ3) is 7.81. The lowest BCUT2D eigenvalue weighted by atomic mass is 10.1. The van der Waals surface area contributed by atoms with E-state index < -0.39 is 43.5 Å². The Bertz CT molecular complexity index is 678. The normalized spacial score (nSPS) is 10.4. The Morgan fingerprint density at radius 2 is 1.65 bits per heavy atom. The van der Waals surface area contributed by atoms with Gasteiger partial charge in [-0.15, -0.1) is 11.6 Å². The maximum Gasteiger partial charge on any atom is 0.341 e. The van der Waals surface area contributed by atoms with E-state index in [0.717, 1.165) is 4.90 Å². The molecule has 0 fully saturated rings. The van der Waals surface area contributed by atoms with Crippen molar-refractivity contribution in [1.29, 1.82) is 0 Å². The van der Waals surface area contributed by atoms with Crippen molar-refractivity contribution in [3.63, 3.8) is 0 Å². The molecule has 10 nitrogen and oxygen atoms in total. The average molecular weight is 389 g/mol. The maximum atomic E-state index is 11.4. The van der Waals surface area contributed by atoms with Gasteiger partial charge in [0.05, 0.1) is 13.1 Å². The minimum Gasteiger partial charge on any atom is -0.482 e. The lowest BCUT2D eigenvalue weighted by molar-refractivity contribution is -0.142. The van der Waals surface area contributed by atoms with Gasteiger partial charge >= 0.3 is 17.9 Å². The summed E-state index contributed by atoms with van der Waals surface area (Å²) >= 11 is 5.42. The van der Waals surface area contributed by atoms with Crippen molar-refractivity contribution in [2.45, 2.75) is 6.54 Å². The molecule has 1 amide bonds. The monoisotopic (exact) mass is 388 g/mol. The van der Waals surface area contributed by atoms with Crippen molar-refractivity contribution < 1.29 is 39.2 Å². The average Bonchev–Trinajstić information content (AvgIpc) is 2.52. The van der Waals surface area contributed by atoms with E-state index in [2.05, 4.69) is 5.32 Å². The fourth-order valence-corrected chi connectivity index (χ4v) is 2.11. The number of halogens is 1. The first-order valence-corrected chi connectivity index (χ1v) is 7.74. The largest absolute Gasteiger partial charge is 0.482 e. The smallest absolute Gasteiger partial charge is 0.341 e. The number of amides is 1. The molecule has 142 valence electrons. The molecule has 1 rings (SSSR count). The van der Waals surface area contributed by atoms with Crippen molar-refractivity contribution in [3.8, 4) is 5.75 Å². The fourth-order valence-electron chi connectivity index (χ4n) is 2.05. The predicted octanol–water partition coefficient (Wildman–Crippen LogP) is 0.299. The molecule has 1 aromatic carbocycles. The number of hydrogen-bond acceptors (Lipinski definition) is 6. The summed E-state index contributed by atoms with van der Waals surface area (Å²) in [5.74, 6) is -4.32. The summed E-state index contributed by atoms with van der Waals surface area (Å²) in [6.07, 6.45) is 0. The number of carboxylic acid groups (broad SMARTS) is 3. The summed E-state index contributed by atoms with van der Waals surface area (Å²) < 4.78 is 5.14. The van der Waals surface area contributed by atoms with Gasteiger partial charge in [-0.05, 0) is 18.2 Å². The SMILES string of the molecule is O=C(O)COc1ccc(NC(=O)CCl)cc1CN(CC(=O)O)CC(=O)O. The molecule has 4 N–H and O–H groups in total. The van der Waals surface area contributed by atoms with E-state index in [9.17, 15) is 19.2 Å². The number of hydrogen-bond donors (Lipinski definition) is 4. The third-order valence-electron chi connectivity index (χ3n) is 2.93. The number of aliphatic carboxylic acids is 3. The van der Waals surface area contributed by atoms with Crippen LogP contribution in [-0.2, 0) is 25.7 Å². The van der Waals surface area contributed by atoms with Crippen LogP contribution in [0.2, 0.25) is 0 Å². The van der Waals surface area contributed by atoms with Crippen molar-refractivity contribution in [3.05, 3.63) is 23.8 Å². The number of nitrogens with one attached hydrogen (secondary N) is 1. The molecule has 11 heteroatoms. The van der Waals surface area contributed by atoms with Crippen LogP contribution in [-0.4, -0.2) is 69.6 Å². The van der Waals surface area contributed by atoms with E-state index in [0.29, 0.717) is 11.3 Å². The summed E-state index contributed by atoms with van der Waals surface area (Å²) in [7, 11) is 0. The van der Waals surface area contributed by atoms with Crippen LogP contribution < -0.4 is 10.1 Å². The number of anilines is 1. The highest BCUT2D eigenvalue weighted by Crippen LogP contribution is 2.25. The molecule has 0 heterocycles. The first kappa shape index (κ1) is 21.2. The summed E-state index contributed by atoms with van der Waals surface area (Å²) in [6.45, 7) is -1.90. The molecule has 0 saturated carbocycles. The molecule has 0 aromatic heterocycles. The second-order valence-electron chi connectivity index (χ2n) is 5.12. The van der Waals surface area contributed by atoms with Crippen molar-refractivity contribution in [2.24, 2.45) is 0 Å². The Hall–Kier alpha value is -2.85. The van der Waals surface area contributed by atoms with Gasteiger partial charge in [-0.25, -0.2) is 4.79 Å². The molecule has 0 atom stereocenters. The Morgan fingerprint density at radius 1 is 1.04 bits per heavy atom. The number of carbonyl (C=O) groups is 4. The molecular weight excluding hydrogens is 372 g/mol. The molecule has 26 heavy (non-hydrogen) atoms. The molecule has 0 bridgehead atoms. The number of nitrogens with zero attached hydrogens (tertiary/aromatic N) is 1. The van der Waals surface area contributed by atoms with Gasteiger partial charge < -0.3 is 25.4 Å².